The van der Waals surface area contributed by atoms with Gasteiger partial charge >= 0.3 is 0 Å². The fourth-order valence-electron chi connectivity index (χ4n) is 2.21. The van der Waals surface area contributed by atoms with E-state index in [9.17, 15) is 4.79 Å². The number of carbonyl (C=O) groups is 1. The van der Waals surface area contributed by atoms with E-state index in [0.29, 0.717) is 19.0 Å². The zero-order valence-corrected chi connectivity index (χ0v) is 10.9. The molecular weight excluding hydrogens is 226 g/mol. The van der Waals surface area contributed by atoms with Crippen molar-refractivity contribution in [1.29, 1.82) is 0 Å². The summed E-state index contributed by atoms with van der Waals surface area (Å²) >= 11 is 0. The van der Waals surface area contributed by atoms with Gasteiger partial charge in [0.1, 0.15) is 0 Å². The summed E-state index contributed by atoms with van der Waals surface area (Å²) in [5.74, 6) is 0.0937. The van der Waals surface area contributed by atoms with Crippen molar-refractivity contribution in [2.75, 3.05) is 33.2 Å². The maximum absolute atomic E-state index is 11.8. The molecule has 0 saturated carbocycles. The van der Waals surface area contributed by atoms with Crippen molar-refractivity contribution in [2.45, 2.75) is 12.5 Å². The summed E-state index contributed by atoms with van der Waals surface area (Å²) in [6.07, 6.45) is 0.462. The molecule has 2 rings (SSSR count). The maximum atomic E-state index is 11.8. The Labute approximate surface area is 108 Å². The van der Waals surface area contributed by atoms with Crippen LogP contribution in [0.1, 0.15) is 5.56 Å². The first kappa shape index (κ1) is 13.1. The highest BCUT2D eigenvalue weighted by molar-refractivity contribution is 5.78. The van der Waals surface area contributed by atoms with Gasteiger partial charge in [-0.25, -0.2) is 0 Å². The van der Waals surface area contributed by atoms with Crippen LogP contribution in [0.3, 0.4) is 0 Å². The summed E-state index contributed by atoms with van der Waals surface area (Å²) in [5, 5.41) is 6.41. The molecule has 1 atom stereocenters. The molecule has 4 heteroatoms. The van der Waals surface area contributed by atoms with E-state index in [1.807, 2.05) is 30.3 Å². The molecule has 1 fully saturated rings. The number of piperazine rings is 1. The van der Waals surface area contributed by atoms with Crippen molar-refractivity contribution in [3.63, 3.8) is 0 Å². The van der Waals surface area contributed by atoms with Gasteiger partial charge in [0.15, 0.2) is 0 Å². The average Bonchev–Trinajstić information content (AvgIpc) is 2.38. The minimum absolute atomic E-state index is 0.0937. The van der Waals surface area contributed by atoms with Crippen molar-refractivity contribution < 1.29 is 4.79 Å². The second-order valence-corrected chi connectivity index (χ2v) is 4.88. The molecule has 1 aromatic carbocycles. The predicted octanol–water partition coefficient (Wildman–Crippen LogP) is 0.249. The van der Waals surface area contributed by atoms with Crippen LogP contribution >= 0.6 is 0 Å². The standard InChI is InChI=1S/C14H21N3O/c1-17-8-7-15-13(11-17)10-16-14(18)9-12-5-3-2-4-6-12/h2-6,13,15H,7-11H2,1H3,(H,16,18). The zero-order valence-electron chi connectivity index (χ0n) is 10.9. The second-order valence-electron chi connectivity index (χ2n) is 4.88. The minimum atomic E-state index is 0.0937. The Kier molecular flexibility index (Phi) is 4.73. The van der Waals surface area contributed by atoms with Gasteiger partial charge in [-0.2, -0.15) is 0 Å². The molecule has 1 saturated heterocycles. The van der Waals surface area contributed by atoms with Gasteiger partial charge < -0.3 is 15.5 Å². The quantitative estimate of drug-likeness (QED) is 0.801. The highest BCUT2D eigenvalue weighted by Crippen LogP contribution is 1.99. The highest BCUT2D eigenvalue weighted by atomic mass is 16.1. The van der Waals surface area contributed by atoms with Crippen LogP contribution in [0, 0.1) is 0 Å². The lowest BCUT2D eigenvalue weighted by atomic mass is 10.1. The van der Waals surface area contributed by atoms with Gasteiger partial charge in [-0.15, -0.1) is 0 Å². The molecule has 0 bridgehead atoms. The number of hydrogen-bond acceptors (Lipinski definition) is 3. The van der Waals surface area contributed by atoms with E-state index < -0.39 is 0 Å². The molecule has 0 aliphatic carbocycles. The fraction of sp³-hybridized carbons (Fsp3) is 0.500. The van der Waals surface area contributed by atoms with Crippen LogP contribution in [0.25, 0.3) is 0 Å². The Morgan fingerprint density at radius 2 is 2.22 bits per heavy atom. The van der Waals surface area contributed by atoms with Gasteiger partial charge in [-0.05, 0) is 12.6 Å². The lowest BCUT2D eigenvalue weighted by Crippen LogP contribution is -2.53. The molecule has 1 heterocycles. The number of nitrogens with one attached hydrogen (secondary N) is 2. The summed E-state index contributed by atoms with van der Waals surface area (Å²) in [5.41, 5.74) is 1.06. The first-order valence-electron chi connectivity index (χ1n) is 6.46. The summed E-state index contributed by atoms with van der Waals surface area (Å²) in [7, 11) is 2.11. The van der Waals surface area contributed by atoms with E-state index >= 15 is 0 Å². The minimum Gasteiger partial charge on any atom is -0.354 e. The molecule has 98 valence electrons. The van der Waals surface area contributed by atoms with Gasteiger partial charge in [0.05, 0.1) is 6.42 Å². The van der Waals surface area contributed by atoms with Crippen molar-refractivity contribution in [3.05, 3.63) is 35.9 Å². The van der Waals surface area contributed by atoms with E-state index in [-0.39, 0.29) is 5.91 Å². The van der Waals surface area contributed by atoms with E-state index in [1.165, 1.54) is 0 Å². The van der Waals surface area contributed by atoms with Crippen LogP contribution < -0.4 is 10.6 Å². The SMILES string of the molecule is CN1CCNC(CNC(=O)Cc2ccccc2)C1. The van der Waals surface area contributed by atoms with Crippen molar-refractivity contribution >= 4 is 5.91 Å². The van der Waals surface area contributed by atoms with Crippen LogP contribution in [-0.2, 0) is 11.2 Å². The number of likely N-dealkylation sites (N-methyl/N-ethyl adjacent to an activating group) is 1. The van der Waals surface area contributed by atoms with E-state index in [4.69, 9.17) is 0 Å². The summed E-state index contributed by atoms with van der Waals surface area (Å²) in [6, 6.07) is 10.2. The van der Waals surface area contributed by atoms with Crippen LogP contribution in [0.4, 0.5) is 0 Å². The van der Waals surface area contributed by atoms with Crippen LogP contribution in [0.15, 0.2) is 30.3 Å². The Morgan fingerprint density at radius 1 is 1.44 bits per heavy atom. The molecule has 1 aromatic rings. The van der Waals surface area contributed by atoms with Gasteiger partial charge in [-0.3, -0.25) is 4.79 Å². The van der Waals surface area contributed by atoms with Gasteiger partial charge in [0.25, 0.3) is 0 Å². The normalized spacial score (nSPS) is 20.6. The van der Waals surface area contributed by atoms with E-state index in [2.05, 4.69) is 22.6 Å². The third-order valence-corrected chi connectivity index (χ3v) is 3.21. The van der Waals surface area contributed by atoms with Gasteiger partial charge in [0, 0.05) is 32.2 Å². The Balaban J connectivity index is 1.71. The molecule has 2 N–H and O–H groups in total. The largest absolute Gasteiger partial charge is 0.354 e. The predicted molar refractivity (Wildman–Crippen MR) is 72.4 cm³/mol. The number of amides is 1. The molecule has 1 unspecified atom stereocenters. The molecule has 4 nitrogen and oxygen atoms in total. The monoisotopic (exact) mass is 247 g/mol. The smallest absolute Gasteiger partial charge is 0.224 e. The van der Waals surface area contributed by atoms with E-state index in [1.54, 1.807) is 0 Å². The lowest BCUT2D eigenvalue weighted by Gasteiger charge is -2.30. The average molecular weight is 247 g/mol. The summed E-state index contributed by atoms with van der Waals surface area (Å²) in [4.78, 5) is 14.1. The van der Waals surface area contributed by atoms with Gasteiger partial charge in [0.2, 0.25) is 5.91 Å². The van der Waals surface area contributed by atoms with Crippen molar-refractivity contribution in [3.8, 4) is 0 Å². The molecular formula is C14H21N3O. The maximum Gasteiger partial charge on any atom is 0.224 e. The Morgan fingerprint density at radius 3 is 2.94 bits per heavy atom. The van der Waals surface area contributed by atoms with Crippen LogP contribution in [0.2, 0.25) is 0 Å². The topological polar surface area (TPSA) is 44.4 Å². The molecule has 1 amide bonds. The zero-order chi connectivity index (χ0) is 12.8. The number of carbonyl (C=O) groups excluding carboxylic acids is 1. The number of rotatable bonds is 4. The molecule has 18 heavy (non-hydrogen) atoms. The molecule has 0 aromatic heterocycles. The number of nitrogens with zero attached hydrogens (tertiary/aromatic N) is 1. The second kappa shape index (κ2) is 6.52. The summed E-state index contributed by atoms with van der Waals surface area (Å²) in [6.45, 7) is 3.77. The lowest BCUT2D eigenvalue weighted by molar-refractivity contribution is -0.120. The summed E-state index contributed by atoms with van der Waals surface area (Å²) < 4.78 is 0. The van der Waals surface area contributed by atoms with Crippen LogP contribution in [-0.4, -0.2) is 50.1 Å². The highest BCUT2D eigenvalue weighted by Gasteiger charge is 2.16. The molecule has 1 aliphatic rings. The fourth-order valence-corrected chi connectivity index (χ4v) is 2.21. The molecule has 1 aliphatic heterocycles. The van der Waals surface area contributed by atoms with Crippen LogP contribution in [0.5, 0.6) is 0 Å². The Hall–Kier alpha value is -1.39. The molecule has 0 spiro atoms. The van der Waals surface area contributed by atoms with E-state index in [0.717, 1.165) is 25.2 Å². The first-order valence-corrected chi connectivity index (χ1v) is 6.46. The third-order valence-electron chi connectivity index (χ3n) is 3.21. The number of hydrogen-bond donors (Lipinski definition) is 2. The van der Waals surface area contributed by atoms with Gasteiger partial charge in [-0.1, -0.05) is 30.3 Å². The first-order chi connectivity index (χ1) is 8.74. The van der Waals surface area contributed by atoms with Crippen molar-refractivity contribution in [1.82, 2.24) is 15.5 Å². The molecule has 0 radical (unpaired) electrons. The Bertz CT molecular complexity index is 380. The van der Waals surface area contributed by atoms with Crippen molar-refractivity contribution in [2.24, 2.45) is 0 Å². The third kappa shape index (κ3) is 4.13. The number of benzene rings is 1.